The van der Waals surface area contributed by atoms with E-state index in [4.69, 9.17) is 5.73 Å². The van der Waals surface area contributed by atoms with Gasteiger partial charge >= 0.3 is 6.18 Å². The Labute approximate surface area is 86.2 Å². The lowest BCUT2D eigenvalue weighted by molar-refractivity contribution is -0.184. The number of rotatable bonds is 2. The SMILES string of the molecule is NCC(=O)NC1CCCC(C(F)(F)F)C1. The van der Waals surface area contributed by atoms with Crippen molar-refractivity contribution < 1.29 is 18.0 Å². The Bertz CT molecular complexity index is 230. The van der Waals surface area contributed by atoms with Crippen LogP contribution in [0.5, 0.6) is 0 Å². The van der Waals surface area contributed by atoms with Crippen LogP contribution in [0.25, 0.3) is 0 Å². The molecule has 88 valence electrons. The highest BCUT2D eigenvalue weighted by atomic mass is 19.4. The molecule has 0 spiro atoms. The molecule has 0 aliphatic heterocycles. The summed E-state index contributed by atoms with van der Waals surface area (Å²) in [7, 11) is 0. The van der Waals surface area contributed by atoms with E-state index in [0.717, 1.165) is 0 Å². The molecular formula is C9H15F3N2O. The zero-order chi connectivity index (χ0) is 11.5. The van der Waals surface area contributed by atoms with Gasteiger partial charge < -0.3 is 11.1 Å². The summed E-state index contributed by atoms with van der Waals surface area (Å²) in [5, 5.41) is 2.51. The van der Waals surface area contributed by atoms with Gasteiger partial charge in [0.2, 0.25) is 5.91 Å². The fourth-order valence-electron chi connectivity index (χ4n) is 1.90. The molecule has 3 N–H and O–H groups in total. The topological polar surface area (TPSA) is 55.1 Å². The van der Waals surface area contributed by atoms with E-state index in [2.05, 4.69) is 5.32 Å². The van der Waals surface area contributed by atoms with E-state index in [1.165, 1.54) is 0 Å². The molecule has 0 saturated heterocycles. The summed E-state index contributed by atoms with van der Waals surface area (Å²) in [6.07, 6.45) is -2.89. The van der Waals surface area contributed by atoms with E-state index in [1.807, 2.05) is 0 Å². The van der Waals surface area contributed by atoms with E-state index in [0.29, 0.717) is 12.8 Å². The second-order valence-electron chi connectivity index (χ2n) is 3.87. The highest BCUT2D eigenvalue weighted by molar-refractivity contribution is 5.78. The molecule has 0 aromatic heterocycles. The lowest BCUT2D eigenvalue weighted by Crippen LogP contribution is -2.43. The van der Waals surface area contributed by atoms with Crippen LogP contribution in [0.4, 0.5) is 13.2 Å². The Morgan fingerprint density at radius 3 is 2.60 bits per heavy atom. The van der Waals surface area contributed by atoms with Gasteiger partial charge in [-0.2, -0.15) is 13.2 Å². The number of halogens is 3. The number of alkyl halides is 3. The minimum Gasteiger partial charge on any atom is -0.352 e. The van der Waals surface area contributed by atoms with Gasteiger partial charge in [0.05, 0.1) is 12.5 Å². The van der Waals surface area contributed by atoms with Gasteiger partial charge in [0.1, 0.15) is 0 Å². The summed E-state index contributed by atoms with van der Waals surface area (Å²) in [5.74, 6) is -1.67. The predicted octanol–water partition coefficient (Wildman–Crippen LogP) is 1.18. The maximum atomic E-state index is 12.4. The van der Waals surface area contributed by atoms with Crippen molar-refractivity contribution in [3.05, 3.63) is 0 Å². The van der Waals surface area contributed by atoms with Crippen LogP contribution in [-0.2, 0) is 4.79 Å². The van der Waals surface area contributed by atoms with Crippen molar-refractivity contribution >= 4 is 5.91 Å². The van der Waals surface area contributed by atoms with Crippen LogP contribution in [0.3, 0.4) is 0 Å². The highest BCUT2D eigenvalue weighted by Gasteiger charge is 2.42. The summed E-state index contributed by atoms with van der Waals surface area (Å²) in [6.45, 7) is -0.173. The number of hydrogen-bond donors (Lipinski definition) is 2. The fourth-order valence-corrected chi connectivity index (χ4v) is 1.90. The van der Waals surface area contributed by atoms with Gasteiger partial charge in [0.15, 0.2) is 0 Å². The van der Waals surface area contributed by atoms with Crippen LogP contribution in [0.15, 0.2) is 0 Å². The van der Waals surface area contributed by atoms with Crippen molar-refractivity contribution in [1.29, 1.82) is 0 Å². The van der Waals surface area contributed by atoms with E-state index < -0.39 is 12.1 Å². The number of nitrogens with one attached hydrogen (secondary N) is 1. The Morgan fingerprint density at radius 2 is 2.07 bits per heavy atom. The third-order valence-corrected chi connectivity index (χ3v) is 2.69. The molecule has 0 aromatic rings. The monoisotopic (exact) mass is 224 g/mol. The molecule has 0 bridgehead atoms. The smallest absolute Gasteiger partial charge is 0.352 e. The van der Waals surface area contributed by atoms with Crippen molar-refractivity contribution in [2.75, 3.05) is 6.54 Å². The number of hydrogen-bond acceptors (Lipinski definition) is 2. The third-order valence-electron chi connectivity index (χ3n) is 2.69. The largest absolute Gasteiger partial charge is 0.391 e. The lowest BCUT2D eigenvalue weighted by Gasteiger charge is -2.30. The zero-order valence-corrected chi connectivity index (χ0v) is 8.31. The molecule has 1 fully saturated rings. The Morgan fingerprint density at radius 1 is 1.40 bits per heavy atom. The van der Waals surface area contributed by atoms with Crippen LogP contribution < -0.4 is 11.1 Å². The molecule has 6 heteroatoms. The average Bonchev–Trinajstić information content (AvgIpc) is 2.17. The van der Waals surface area contributed by atoms with Crippen molar-refractivity contribution in [2.45, 2.75) is 37.9 Å². The van der Waals surface area contributed by atoms with Gasteiger partial charge in [-0.3, -0.25) is 4.79 Å². The molecular weight excluding hydrogens is 209 g/mol. The number of amides is 1. The maximum Gasteiger partial charge on any atom is 0.391 e. The molecule has 0 heterocycles. The second kappa shape index (κ2) is 4.83. The van der Waals surface area contributed by atoms with E-state index in [9.17, 15) is 18.0 Å². The third kappa shape index (κ3) is 3.70. The minimum absolute atomic E-state index is 0.0186. The molecule has 1 aliphatic rings. The number of carbonyl (C=O) groups excluding carboxylic acids is 1. The van der Waals surface area contributed by atoms with Gasteiger partial charge in [0.25, 0.3) is 0 Å². The standard InChI is InChI=1S/C9H15F3N2O/c10-9(11,12)6-2-1-3-7(4-6)14-8(15)5-13/h6-7H,1-5,13H2,(H,14,15). The Balaban J connectivity index is 2.46. The summed E-state index contributed by atoms with van der Waals surface area (Å²) in [6, 6.07) is -0.374. The quantitative estimate of drug-likeness (QED) is 0.740. The fraction of sp³-hybridized carbons (Fsp3) is 0.889. The molecule has 1 aliphatic carbocycles. The van der Waals surface area contributed by atoms with E-state index in [1.54, 1.807) is 0 Å². The van der Waals surface area contributed by atoms with Crippen LogP contribution in [-0.4, -0.2) is 24.7 Å². The normalized spacial score (nSPS) is 27.5. The maximum absolute atomic E-state index is 12.4. The molecule has 1 saturated carbocycles. The van der Waals surface area contributed by atoms with Crippen LogP contribution >= 0.6 is 0 Å². The predicted molar refractivity (Wildman–Crippen MR) is 49.0 cm³/mol. The van der Waals surface area contributed by atoms with Crippen LogP contribution in [0, 0.1) is 5.92 Å². The summed E-state index contributed by atoms with van der Waals surface area (Å²) in [4.78, 5) is 10.9. The van der Waals surface area contributed by atoms with Crippen molar-refractivity contribution in [3.8, 4) is 0 Å². The first-order valence-electron chi connectivity index (χ1n) is 4.99. The van der Waals surface area contributed by atoms with Crippen molar-refractivity contribution in [3.63, 3.8) is 0 Å². The minimum atomic E-state index is -4.15. The van der Waals surface area contributed by atoms with Gasteiger partial charge in [0, 0.05) is 6.04 Å². The summed E-state index contributed by atoms with van der Waals surface area (Å²) >= 11 is 0. The molecule has 3 nitrogen and oxygen atoms in total. The van der Waals surface area contributed by atoms with Gasteiger partial charge in [-0.05, 0) is 19.3 Å². The zero-order valence-electron chi connectivity index (χ0n) is 8.31. The van der Waals surface area contributed by atoms with E-state index >= 15 is 0 Å². The van der Waals surface area contributed by atoms with Gasteiger partial charge in [-0.1, -0.05) is 6.42 Å². The number of carbonyl (C=O) groups is 1. The molecule has 2 unspecified atom stereocenters. The molecule has 2 atom stereocenters. The first-order chi connectivity index (χ1) is 6.93. The van der Waals surface area contributed by atoms with E-state index in [-0.39, 0.29) is 31.3 Å². The molecule has 0 aromatic carbocycles. The summed E-state index contributed by atoms with van der Waals surface area (Å²) in [5.41, 5.74) is 5.08. The summed E-state index contributed by atoms with van der Waals surface area (Å²) < 4.78 is 37.2. The van der Waals surface area contributed by atoms with Crippen LogP contribution in [0.1, 0.15) is 25.7 Å². The van der Waals surface area contributed by atoms with Gasteiger partial charge in [-0.15, -0.1) is 0 Å². The molecule has 1 rings (SSSR count). The average molecular weight is 224 g/mol. The number of nitrogens with two attached hydrogens (primary N) is 1. The first-order valence-corrected chi connectivity index (χ1v) is 4.99. The van der Waals surface area contributed by atoms with Gasteiger partial charge in [-0.25, -0.2) is 0 Å². The molecule has 0 radical (unpaired) electrons. The van der Waals surface area contributed by atoms with Crippen molar-refractivity contribution in [2.24, 2.45) is 11.7 Å². The molecule has 15 heavy (non-hydrogen) atoms. The second-order valence-corrected chi connectivity index (χ2v) is 3.87. The van der Waals surface area contributed by atoms with Crippen LogP contribution in [0.2, 0.25) is 0 Å². The lowest BCUT2D eigenvalue weighted by atomic mass is 9.85. The van der Waals surface area contributed by atoms with Crippen molar-refractivity contribution in [1.82, 2.24) is 5.32 Å². The molecule has 1 amide bonds. The highest BCUT2D eigenvalue weighted by Crippen LogP contribution is 2.37. The Hall–Kier alpha value is -0.780. The Kier molecular flexibility index (Phi) is 3.96. The first kappa shape index (κ1) is 12.3.